The van der Waals surface area contributed by atoms with Crippen LogP contribution < -0.4 is 5.32 Å². The van der Waals surface area contributed by atoms with Gasteiger partial charge in [0.15, 0.2) is 0 Å². The molecule has 0 spiro atoms. The second kappa shape index (κ2) is 4.66. The van der Waals surface area contributed by atoms with Gasteiger partial charge in [0, 0.05) is 0 Å². The van der Waals surface area contributed by atoms with Crippen LogP contribution in [0.5, 0.6) is 0 Å². The predicted octanol–water partition coefficient (Wildman–Crippen LogP) is 2.30. The summed E-state index contributed by atoms with van der Waals surface area (Å²) >= 11 is 0. The van der Waals surface area contributed by atoms with Crippen LogP contribution in [-0.2, 0) is 4.79 Å². The van der Waals surface area contributed by atoms with Crippen molar-refractivity contribution in [3.8, 4) is 0 Å². The molecule has 0 amide bonds. The maximum absolute atomic E-state index is 11.2. The van der Waals surface area contributed by atoms with Gasteiger partial charge in [-0.25, -0.2) is 0 Å². The Kier molecular flexibility index (Phi) is 3.25. The Hall–Kier alpha value is -1.35. The van der Waals surface area contributed by atoms with Crippen molar-refractivity contribution in [2.24, 2.45) is 0 Å². The Bertz CT molecular complexity index is 385. The van der Waals surface area contributed by atoms with E-state index in [-0.39, 0.29) is 0 Å². The Balaban J connectivity index is 2.32. The van der Waals surface area contributed by atoms with Gasteiger partial charge in [-0.2, -0.15) is 0 Å². The van der Waals surface area contributed by atoms with E-state index in [0.29, 0.717) is 12.5 Å². The lowest BCUT2D eigenvalue weighted by Crippen LogP contribution is -2.29. The van der Waals surface area contributed by atoms with Gasteiger partial charge < -0.3 is 10.4 Å². The molecule has 0 heterocycles. The molecule has 3 heteroatoms. The van der Waals surface area contributed by atoms with Crippen LogP contribution >= 0.6 is 0 Å². The van der Waals surface area contributed by atoms with Crippen LogP contribution in [0.25, 0.3) is 0 Å². The number of aliphatic carboxylic acids is 1. The van der Waals surface area contributed by atoms with Crippen LogP contribution in [0.15, 0.2) is 24.3 Å². The van der Waals surface area contributed by atoms with Crippen LogP contribution in [0.1, 0.15) is 42.9 Å². The fourth-order valence-electron chi connectivity index (χ4n) is 2.07. The first-order valence-electron chi connectivity index (χ1n) is 5.79. The molecule has 0 radical (unpaired) electrons. The van der Waals surface area contributed by atoms with Crippen molar-refractivity contribution in [1.82, 2.24) is 5.32 Å². The highest BCUT2D eigenvalue weighted by Gasteiger charge is 2.30. The molecule has 1 aliphatic carbocycles. The molecule has 86 valence electrons. The summed E-state index contributed by atoms with van der Waals surface area (Å²) in [5.74, 6) is -0.216. The topological polar surface area (TPSA) is 49.3 Å². The zero-order chi connectivity index (χ0) is 11.5. The first-order valence-corrected chi connectivity index (χ1v) is 5.79. The van der Waals surface area contributed by atoms with E-state index < -0.39 is 12.0 Å². The van der Waals surface area contributed by atoms with Crippen molar-refractivity contribution in [2.75, 3.05) is 6.54 Å². The third-order valence-corrected chi connectivity index (χ3v) is 2.98. The van der Waals surface area contributed by atoms with E-state index in [9.17, 15) is 9.90 Å². The predicted molar refractivity (Wildman–Crippen MR) is 62.5 cm³/mol. The van der Waals surface area contributed by atoms with E-state index in [4.69, 9.17) is 0 Å². The van der Waals surface area contributed by atoms with E-state index >= 15 is 0 Å². The number of benzene rings is 1. The third-order valence-electron chi connectivity index (χ3n) is 2.98. The summed E-state index contributed by atoms with van der Waals surface area (Å²) in [6, 6.07) is 7.31. The number of carbonyl (C=O) groups is 1. The van der Waals surface area contributed by atoms with E-state index in [0.717, 1.165) is 5.56 Å². The van der Waals surface area contributed by atoms with Crippen molar-refractivity contribution in [3.63, 3.8) is 0 Å². The van der Waals surface area contributed by atoms with Crippen molar-refractivity contribution >= 4 is 5.97 Å². The number of nitrogens with one attached hydrogen (secondary N) is 1. The summed E-state index contributed by atoms with van der Waals surface area (Å²) in [6.07, 6.45) is 2.38. The van der Waals surface area contributed by atoms with Crippen molar-refractivity contribution in [1.29, 1.82) is 0 Å². The second-order valence-electron chi connectivity index (χ2n) is 4.23. The molecular weight excluding hydrogens is 202 g/mol. The lowest BCUT2D eigenvalue weighted by Gasteiger charge is -2.17. The van der Waals surface area contributed by atoms with Gasteiger partial charge in [-0.15, -0.1) is 0 Å². The molecular formula is C13H17NO2. The fraction of sp³-hybridized carbons (Fsp3) is 0.462. The lowest BCUT2D eigenvalue weighted by molar-refractivity contribution is -0.139. The first-order chi connectivity index (χ1) is 7.74. The molecule has 2 rings (SSSR count). The molecule has 1 fully saturated rings. The first kappa shape index (κ1) is 11.1. The minimum Gasteiger partial charge on any atom is -0.480 e. The maximum Gasteiger partial charge on any atom is 0.325 e. The van der Waals surface area contributed by atoms with E-state index in [2.05, 4.69) is 11.4 Å². The Labute approximate surface area is 95.5 Å². The Morgan fingerprint density at radius 1 is 1.50 bits per heavy atom. The molecule has 0 saturated heterocycles. The monoisotopic (exact) mass is 219 g/mol. The molecule has 0 aromatic heterocycles. The minimum absolute atomic E-state index is 0.568. The maximum atomic E-state index is 11.2. The zero-order valence-electron chi connectivity index (χ0n) is 9.44. The van der Waals surface area contributed by atoms with Crippen LogP contribution in [0, 0.1) is 0 Å². The van der Waals surface area contributed by atoms with E-state index in [1.807, 2.05) is 25.1 Å². The molecule has 1 aromatic carbocycles. The summed E-state index contributed by atoms with van der Waals surface area (Å²) in [5.41, 5.74) is 2.13. The number of rotatable bonds is 5. The van der Waals surface area contributed by atoms with Gasteiger partial charge in [0.05, 0.1) is 0 Å². The van der Waals surface area contributed by atoms with Crippen LogP contribution in [-0.4, -0.2) is 17.6 Å². The van der Waals surface area contributed by atoms with E-state index in [1.54, 1.807) is 0 Å². The number of hydrogen-bond acceptors (Lipinski definition) is 2. The average Bonchev–Trinajstić information content (AvgIpc) is 3.09. The summed E-state index contributed by atoms with van der Waals surface area (Å²) in [4.78, 5) is 11.2. The van der Waals surface area contributed by atoms with Crippen LogP contribution in [0.3, 0.4) is 0 Å². The highest BCUT2D eigenvalue weighted by molar-refractivity contribution is 5.76. The van der Waals surface area contributed by atoms with Gasteiger partial charge in [-0.3, -0.25) is 4.79 Å². The molecule has 1 aromatic rings. The number of carboxylic acid groups (broad SMARTS) is 1. The Morgan fingerprint density at radius 3 is 2.75 bits per heavy atom. The Morgan fingerprint density at radius 2 is 2.19 bits per heavy atom. The van der Waals surface area contributed by atoms with Crippen molar-refractivity contribution in [3.05, 3.63) is 35.4 Å². The lowest BCUT2D eigenvalue weighted by atomic mass is 9.97. The molecule has 0 bridgehead atoms. The van der Waals surface area contributed by atoms with E-state index in [1.165, 1.54) is 18.4 Å². The van der Waals surface area contributed by atoms with Crippen molar-refractivity contribution < 1.29 is 9.90 Å². The van der Waals surface area contributed by atoms with Gasteiger partial charge in [-0.05, 0) is 36.4 Å². The molecule has 3 nitrogen and oxygen atoms in total. The number of hydrogen-bond donors (Lipinski definition) is 2. The minimum atomic E-state index is -0.796. The zero-order valence-corrected chi connectivity index (χ0v) is 9.44. The molecule has 1 saturated carbocycles. The fourth-order valence-corrected chi connectivity index (χ4v) is 2.07. The molecule has 0 aliphatic heterocycles. The molecule has 1 aliphatic rings. The van der Waals surface area contributed by atoms with Crippen LogP contribution in [0.2, 0.25) is 0 Å². The number of likely N-dealkylation sites (N-methyl/N-ethyl adjacent to an activating group) is 1. The highest BCUT2D eigenvalue weighted by Crippen LogP contribution is 2.42. The average molecular weight is 219 g/mol. The molecule has 2 N–H and O–H groups in total. The SMILES string of the molecule is CCNC(C(=O)O)c1ccccc1C1CC1. The van der Waals surface area contributed by atoms with Gasteiger partial charge in [0.2, 0.25) is 0 Å². The molecule has 1 unspecified atom stereocenters. The van der Waals surface area contributed by atoms with Gasteiger partial charge in [-0.1, -0.05) is 31.2 Å². The van der Waals surface area contributed by atoms with Gasteiger partial charge in [0.1, 0.15) is 6.04 Å². The summed E-state index contributed by atoms with van der Waals surface area (Å²) < 4.78 is 0. The van der Waals surface area contributed by atoms with Crippen LogP contribution in [0.4, 0.5) is 0 Å². The summed E-state index contributed by atoms with van der Waals surface area (Å²) in [5, 5.41) is 12.2. The standard InChI is InChI=1S/C13H17NO2/c1-2-14-12(13(15)16)11-6-4-3-5-10(11)9-7-8-9/h3-6,9,12,14H,2,7-8H2,1H3,(H,15,16). The number of carboxylic acids is 1. The summed E-state index contributed by atoms with van der Waals surface area (Å²) in [6.45, 7) is 2.59. The molecule has 16 heavy (non-hydrogen) atoms. The van der Waals surface area contributed by atoms with Crippen molar-refractivity contribution in [2.45, 2.75) is 31.7 Å². The van der Waals surface area contributed by atoms with Gasteiger partial charge >= 0.3 is 5.97 Å². The third kappa shape index (κ3) is 2.25. The normalized spacial score (nSPS) is 17.1. The quantitative estimate of drug-likeness (QED) is 0.799. The second-order valence-corrected chi connectivity index (χ2v) is 4.23. The largest absolute Gasteiger partial charge is 0.480 e. The molecule has 1 atom stereocenters. The van der Waals surface area contributed by atoms with Gasteiger partial charge in [0.25, 0.3) is 0 Å². The summed E-state index contributed by atoms with van der Waals surface area (Å²) in [7, 11) is 0. The smallest absolute Gasteiger partial charge is 0.325 e. The highest BCUT2D eigenvalue weighted by atomic mass is 16.4.